The number of carbonyl (C=O) groups excluding carboxylic acids is 2. The number of aromatic nitrogens is 1. The number of amides is 2. The number of halogens is 1. The normalized spacial score (nSPS) is 11.6. The third kappa shape index (κ3) is 6.47. The Morgan fingerprint density at radius 1 is 0.929 bits per heavy atom. The second kappa shape index (κ2) is 12.7. The monoisotopic (exact) mass is 621 g/mol. The Kier molecular flexibility index (Phi) is 8.59. The molecule has 4 aromatic carbocycles. The van der Waals surface area contributed by atoms with E-state index in [9.17, 15) is 14.7 Å². The fourth-order valence-corrected chi connectivity index (χ4v) is 4.80. The molecule has 9 heteroatoms. The summed E-state index contributed by atoms with van der Waals surface area (Å²) in [6, 6.07) is 31.4. The van der Waals surface area contributed by atoms with Crippen molar-refractivity contribution in [2.45, 2.75) is 6.54 Å². The number of hydrogen-bond acceptors (Lipinski definition) is 5. The van der Waals surface area contributed by atoms with Crippen LogP contribution in [0.1, 0.15) is 21.5 Å². The Labute approximate surface area is 251 Å². The summed E-state index contributed by atoms with van der Waals surface area (Å²) in [5.74, 6) is -1.35. The predicted molar refractivity (Wildman–Crippen MR) is 169 cm³/mol. The zero-order valence-electron chi connectivity index (χ0n) is 23.0. The Hall–Kier alpha value is -5.02. The quantitative estimate of drug-likeness (QED) is 0.140. The molecule has 5 aromatic rings. The number of rotatable bonds is 8. The highest BCUT2D eigenvalue weighted by molar-refractivity contribution is 9.10. The van der Waals surface area contributed by atoms with Crippen LogP contribution in [0.15, 0.2) is 124 Å². The Balaban J connectivity index is 1.51. The number of nitrogens with zero attached hydrogens (tertiary/aromatic N) is 4. The van der Waals surface area contributed by atoms with Gasteiger partial charge in [0.2, 0.25) is 5.88 Å². The van der Waals surface area contributed by atoms with Crippen LogP contribution in [0.4, 0.5) is 11.4 Å². The molecule has 0 aliphatic rings. The van der Waals surface area contributed by atoms with Crippen molar-refractivity contribution in [1.29, 1.82) is 0 Å². The van der Waals surface area contributed by atoms with Gasteiger partial charge in [-0.05, 0) is 59.7 Å². The molecular formula is C33H28BrN5O3. The highest BCUT2D eigenvalue weighted by Crippen LogP contribution is 2.40. The fourth-order valence-electron chi connectivity index (χ4n) is 4.44. The number of hydrogen-bond donors (Lipinski definition) is 2. The smallest absolute Gasteiger partial charge is 0.311 e. The van der Waals surface area contributed by atoms with Crippen LogP contribution in [0.25, 0.3) is 17.0 Å². The summed E-state index contributed by atoms with van der Waals surface area (Å²) in [7, 11) is 3.87. The van der Waals surface area contributed by atoms with E-state index < -0.39 is 11.8 Å². The van der Waals surface area contributed by atoms with Gasteiger partial charge < -0.3 is 19.9 Å². The van der Waals surface area contributed by atoms with E-state index in [1.54, 1.807) is 41.0 Å². The topological polar surface area (TPSA) is 99.3 Å². The summed E-state index contributed by atoms with van der Waals surface area (Å²) >= 11 is 3.48. The zero-order valence-corrected chi connectivity index (χ0v) is 24.6. The SMILES string of the molecule is CN(C)c1ccc(/C=C(\NC(=O)c2ccccc2)C(=O)N=Nc2c(O)n(Cc3ccccc3)c3ccc(Br)cc23)cc1. The predicted octanol–water partition coefficient (Wildman–Crippen LogP) is 7.31. The van der Waals surface area contributed by atoms with Gasteiger partial charge in [0, 0.05) is 35.2 Å². The number of azo groups is 1. The molecular weight excluding hydrogens is 594 g/mol. The minimum absolute atomic E-state index is 0.0566. The molecule has 1 aromatic heterocycles. The van der Waals surface area contributed by atoms with E-state index in [-0.39, 0.29) is 17.3 Å². The van der Waals surface area contributed by atoms with Crippen molar-refractivity contribution in [1.82, 2.24) is 9.88 Å². The van der Waals surface area contributed by atoms with Gasteiger partial charge in [-0.25, -0.2) is 0 Å². The lowest BCUT2D eigenvalue weighted by molar-refractivity contribution is -0.115. The van der Waals surface area contributed by atoms with Crippen LogP contribution in [0.3, 0.4) is 0 Å². The van der Waals surface area contributed by atoms with Gasteiger partial charge in [-0.15, -0.1) is 10.2 Å². The van der Waals surface area contributed by atoms with Gasteiger partial charge in [0.25, 0.3) is 5.91 Å². The van der Waals surface area contributed by atoms with Crippen LogP contribution in [-0.4, -0.2) is 35.6 Å². The maximum Gasteiger partial charge on any atom is 0.311 e. The maximum absolute atomic E-state index is 13.4. The molecule has 0 spiro atoms. The van der Waals surface area contributed by atoms with Crippen LogP contribution < -0.4 is 10.2 Å². The lowest BCUT2D eigenvalue weighted by atomic mass is 10.1. The molecule has 0 fully saturated rings. The molecule has 2 amide bonds. The van der Waals surface area contributed by atoms with Gasteiger partial charge in [0.15, 0.2) is 5.69 Å². The Morgan fingerprint density at radius 2 is 1.60 bits per heavy atom. The Bertz CT molecular complexity index is 1800. The molecule has 42 heavy (non-hydrogen) atoms. The molecule has 2 N–H and O–H groups in total. The largest absolute Gasteiger partial charge is 0.493 e. The minimum Gasteiger partial charge on any atom is -0.493 e. The molecule has 1 heterocycles. The average Bonchev–Trinajstić information content (AvgIpc) is 3.25. The van der Waals surface area contributed by atoms with Crippen LogP contribution in [0.2, 0.25) is 0 Å². The number of fused-ring (bicyclic) bond motifs is 1. The molecule has 0 aliphatic carbocycles. The molecule has 8 nitrogen and oxygen atoms in total. The van der Waals surface area contributed by atoms with E-state index in [1.165, 1.54) is 0 Å². The van der Waals surface area contributed by atoms with Gasteiger partial charge in [-0.3, -0.25) is 9.59 Å². The number of carbonyl (C=O) groups is 2. The molecule has 0 saturated carbocycles. The standard InChI is InChI=1S/C33H28BrN5O3/c1-38(2)26-16-13-22(14-17-26)19-28(35-31(40)24-11-7-4-8-12-24)32(41)37-36-30-27-20-25(34)15-18-29(27)39(33(30)42)21-23-9-5-3-6-10-23/h3-20,42H,21H2,1-2H3,(H,35,40)/b28-19-,37-36?. The second-order valence-electron chi connectivity index (χ2n) is 9.77. The van der Waals surface area contributed by atoms with Crippen LogP contribution in [-0.2, 0) is 11.3 Å². The van der Waals surface area contributed by atoms with E-state index in [0.717, 1.165) is 21.2 Å². The van der Waals surface area contributed by atoms with Crippen molar-refractivity contribution in [3.8, 4) is 5.88 Å². The zero-order chi connectivity index (χ0) is 29.6. The third-order valence-electron chi connectivity index (χ3n) is 6.63. The van der Waals surface area contributed by atoms with Gasteiger partial charge in [-0.2, -0.15) is 0 Å². The number of aromatic hydroxyl groups is 1. The first-order valence-electron chi connectivity index (χ1n) is 13.2. The van der Waals surface area contributed by atoms with Crippen LogP contribution >= 0.6 is 15.9 Å². The van der Waals surface area contributed by atoms with E-state index >= 15 is 0 Å². The molecule has 210 valence electrons. The molecule has 0 saturated heterocycles. The van der Waals surface area contributed by atoms with Crippen molar-refractivity contribution in [3.05, 3.63) is 130 Å². The molecule has 0 aliphatic heterocycles. The summed E-state index contributed by atoms with van der Waals surface area (Å²) in [4.78, 5) is 28.4. The summed E-state index contributed by atoms with van der Waals surface area (Å²) in [5, 5.41) is 22.7. The highest BCUT2D eigenvalue weighted by atomic mass is 79.9. The molecule has 0 atom stereocenters. The summed E-state index contributed by atoms with van der Waals surface area (Å²) in [5.41, 5.74) is 3.89. The van der Waals surface area contributed by atoms with Crippen molar-refractivity contribution in [2.24, 2.45) is 10.2 Å². The fraction of sp³-hybridized carbons (Fsp3) is 0.0909. The van der Waals surface area contributed by atoms with E-state index in [0.29, 0.717) is 23.1 Å². The maximum atomic E-state index is 13.4. The van der Waals surface area contributed by atoms with Crippen molar-refractivity contribution in [2.75, 3.05) is 19.0 Å². The molecule has 5 rings (SSSR count). The molecule has 0 bridgehead atoms. The average molecular weight is 623 g/mol. The third-order valence-corrected chi connectivity index (χ3v) is 7.12. The summed E-state index contributed by atoms with van der Waals surface area (Å²) in [6.45, 7) is 0.398. The van der Waals surface area contributed by atoms with Gasteiger partial charge in [0.05, 0.1) is 12.1 Å². The molecule has 0 radical (unpaired) electrons. The van der Waals surface area contributed by atoms with Crippen molar-refractivity contribution in [3.63, 3.8) is 0 Å². The van der Waals surface area contributed by atoms with E-state index in [2.05, 4.69) is 31.5 Å². The first kappa shape index (κ1) is 28.5. The van der Waals surface area contributed by atoms with Crippen molar-refractivity contribution >= 4 is 56.1 Å². The van der Waals surface area contributed by atoms with Gasteiger partial charge in [-0.1, -0.05) is 76.6 Å². The Morgan fingerprint density at radius 3 is 2.26 bits per heavy atom. The van der Waals surface area contributed by atoms with Gasteiger partial charge in [0.1, 0.15) is 5.70 Å². The highest BCUT2D eigenvalue weighted by Gasteiger charge is 2.19. The van der Waals surface area contributed by atoms with Crippen LogP contribution in [0, 0.1) is 0 Å². The second-order valence-corrected chi connectivity index (χ2v) is 10.7. The summed E-state index contributed by atoms with van der Waals surface area (Å²) < 4.78 is 2.50. The number of benzene rings is 4. The number of anilines is 1. The first-order valence-corrected chi connectivity index (χ1v) is 14.0. The first-order chi connectivity index (χ1) is 20.3. The van der Waals surface area contributed by atoms with Crippen LogP contribution in [0.5, 0.6) is 5.88 Å². The van der Waals surface area contributed by atoms with Crippen molar-refractivity contribution < 1.29 is 14.7 Å². The lowest BCUT2D eigenvalue weighted by Crippen LogP contribution is -2.26. The van der Waals surface area contributed by atoms with E-state index in [4.69, 9.17) is 0 Å². The molecule has 0 unspecified atom stereocenters. The number of nitrogens with one attached hydrogen (secondary N) is 1. The summed E-state index contributed by atoms with van der Waals surface area (Å²) in [6.07, 6.45) is 1.55. The van der Waals surface area contributed by atoms with E-state index in [1.807, 2.05) is 91.8 Å². The minimum atomic E-state index is -0.769. The lowest BCUT2D eigenvalue weighted by Gasteiger charge is -2.12. The van der Waals surface area contributed by atoms with Gasteiger partial charge >= 0.3 is 5.91 Å².